The number of aliphatic hydroxyl groups excluding tert-OH is 2. The predicted molar refractivity (Wildman–Crippen MR) is 58.7 cm³/mol. The number of aromatic nitrogens is 1. The van der Waals surface area contributed by atoms with Crippen molar-refractivity contribution < 1.29 is 23.4 Å². The lowest BCUT2D eigenvalue weighted by atomic mass is 9.99. The Morgan fingerprint density at radius 2 is 2.06 bits per heavy atom. The van der Waals surface area contributed by atoms with Gasteiger partial charge in [0.25, 0.3) is 0 Å². The van der Waals surface area contributed by atoms with E-state index in [-0.39, 0.29) is 6.42 Å². The fraction of sp³-hybridized carbons (Fsp3) is 0.545. The van der Waals surface area contributed by atoms with E-state index in [2.05, 4.69) is 10.3 Å². The maximum absolute atomic E-state index is 12.7. The van der Waals surface area contributed by atoms with Gasteiger partial charge in [0, 0.05) is 18.0 Å². The largest absolute Gasteiger partial charge is 0.416 e. The van der Waals surface area contributed by atoms with Crippen LogP contribution in [0.1, 0.15) is 23.7 Å². The highest BCUT2D eigenvalue weighted by atomic mass is 19.4. The molecule has 0 aliphatic rings. The van der Waals surface area contributed by atoms with E-state index in [0.29, 0.717) is 6.54 Å². The minimum absolute atomic E-state index is 0.143. The summed E-state index contributed by atoms with van der Waals surface area (Å²) >= 11 is 0. The van der Waals surface area contributed by atoms with Crippen molar-refractivity contribution in [2.24, 2.45) is 0 Å². The van der Waals surface area contributed by atoms with Gasteiger partial charge in [0.15, 0.2) is 0 Å². The van der Waals surface area contributed by atoms with Crippen LogP contribution >= 0.6 is 0 Å². The minimum Gasteiger partial charge on any atom is -0.390 e. The van der Waals surface area contributed by atoms with Crippen LogP contribution in [0.3, 0.4) is 0 Å². The van der Waals surface area contributed by atoms with Gasteiger partial charge >= 0.3 is 6.18 Å². The molecule has 3 N–H and O–H groups in total. The van der Waals surface area contributed by atoms with Crippen LogP contribution in [0.25, 0.3) is 0 Å². The zero-order chi connectivity index (χ0) is 13.8. The van der Waals surface area contributed by atoms with Gasteiger partial charge in [0.2, 0.25) is 0 Å². The molecule has 0 aliphatic carbocycles. The van der Waals surface area contributed by atoms with Crippen LogP contribution in [0, 0.1) is 0 Å². The van der Waals surface area contributed by atoms with Crippen molar-refractivity contribution >= 4 is 0 Å². The molecular formula is C11H15F3N2O2. The number of pyridine rings is 1. The van der Waals surface area contributed by atoms with Crippen molar-refractivity contribution in [2.75, 3.05) is 13.6 Å². The second kappa shape index (κ2) is 6.12. The molecule has 0 aliphatic heterocycles. The first-order chi connectivity index (χ1) is 8.38. The monoisotopic (exact) mass is 264 g/mol. The molecule has 0 fully saturated rings. The zero-order valence-electron chi connectivity index (χ0n) is 9.78. The molecule has 1 heterocycles. The Hall–Kier alpha value is -1.18. The quantitative estimate of drug-likeness (QED) is 0.745. The molecule has 0 amide bonds. The smallest absolute Gasteiger partial charge is 0.390 e. The van der Waals surface area contributed by atoms with E-state index in [4.69, 9.17) is 0 Å². The second-order valence-corrected chi connectivity index (χ2v) is 3.87. The van der Waals surface area contributed by atoms with Gasteiger partial charge in [0.05, 0.1) is 11.7 Å². The number of alkyl halides is 3. The summed E-state index contributed by atoms with van der Waals surface area (Å²) in [5, 5.41) is 22.1. The summed E-state index contributed by atoms with van der Waals surface area (Å²) in [7, 11) is 1.64. The molecule has 1 aromatic heterocycles. The van der Waals surface area contributed by atoms with Gasteiger partial charge in [-0.2, -0.15) is 13.2 Å². The van der Waals surface area contributed by atoms with E-state index >= 15 is 0 Å². The molecule has 0 saturated carbocycles. The van der Waals surface area contributed by atoms with E-state index in [9.17, 15) is 23.4 Å². The van der Waals surface area contributed by atoms with Crippen LogP contribution in [0.4, 0.5) is 13.2 Å². The van der Waals surface area contributed by atoms with E-state index in [0.717, 1.165) is 18.5 Å². The standard InChI is InChI=1S/C11H15F3N2O2/c1-15-4-3-9(17)10(18)7-6-16-5-2-8(7)11(12,13)14/h2,5-6,9-10,15,17-18H,3-4H2,1H3. The SMILES string of the molecule is CNCCC(O)C(O)c1cnccc1C(F)(F)F. The molecule has 18 heavy (non-hydrogen) atoms. The Labute approximate surface area is 102 Å². The number of halogens is 3. The molecule has 0 radical (unpaired) electrons. The van der Waals surface area contributed by atoms with Crippen molar-refractivity contribution in [3.8, 4) is 0 Å². The second-order valence-electron chi connectivity index (χ2n) is 3.87. The third-order valence-electron chi connectivity index (χ3n) is 2.53. The Balaban J connectivity index is 2.95. The number of hydrogen-bond donors (Lipinski definition) is 3. The number of hydrogen-bond acceptors (Lipinski definition) is 4. The Morgan fingerprint density at radius 3 is 2.61 bits per heavy atom. The van der Waals surface area contributed by atoms with Crippen LogP contribution in [0.15, 0.2) is 18.5 Å². The average molecular weight is 264 g/mol. The van der Waals surface area contributed by atoms with Crippen molar-refractivity contribution in [3.05, 3.63) is 29.6 Å². The normalized spacial score (nSPS) is 15.4. The lowest BCUT2D eigenvalue weighted by Gasteiger charge is -2.21. The summed E-state index contributed by atoms with van der Waals surface area (Å²) < 4.78 is 38.1. The lowest BCUT2D eigenvalue weighted by Crippen LogP contribution is -2.25. The van der Waals surface area contributed by atoms with E-state index in [1.807, 2.05) is 0 Å². The number of nitrogens with zero attached hydrogens (tertiary/aromatic N) is 1. The van der Waals surface area contributed by atoms with Gasteiger partial charge in [-0.05, 0) is 26.1 Å². The Morgan fingerprint density at radius 1 is 1.39 bits per heavy atom. The fourth-order valence-electron chi connectivity index (χ4n) is 1.56. The van der Waals surface area contributed by atoms with E-state index in [1.165, 1.54) is 0 Å². The third-order valence-corrected chi connectivity index (χ3v) is 2.53. The molecule has 4 nitrogen and oxygen atoms in total. The average Bonchev–Trinajstić information content (AvgIpc) is 2.34. The highest BCUT2D eigenvalue weighted by molar-refractivity contribution is 5.28. The van der Waals surface area contributed by atoms with Gasteiger partial charge in [0.1, 0.15) is 6.10 Å². The first-order valence-electron chi connectivity index (χ1n) is 5.39. The first kappa shape index (κ1) is 14.9. The Bertz CT molecular complexity index is 385. The van der Waals surface area contributed by atoms with Crippen LogP contribution in [-0.4, -0.2) is 34.9 Å². The molecule has 2 atom stereocenters. The van der Waals surface area contributed by atoms with Crippen LogP contribution in [0.2, 0.25) is 0 Å². The van der Waals surface area contributed by atoms with Crippen LogP contribution in [-0.2, 0) is 6.18 Å². The molecule has 7 heteroatoms. The van der Waals surface area contributed by atoms with E-state index < -0.39 is 29.5 Å². The summed E-state index contributed by atoms with van der Waals surface area (Å²) in [4.78, 5) is 3.56. The molecule has 0 aromatic carbocycles. The fourth-order valence-corrected chi connectivity index (χ4v) is 1.56. The predicted octanol–water partition coefficient (Wildman–Crippen LogP) is 1.10. The summed E-state index contributed by atoms with van der Waals surface area (Å²) in [5.41, 5.74) is -1.39. The summed E-state index contributed by atoms with van der Waals surface area (Å²) in [5.74, 6) is 0. The van der Waals surface area contributed by atoms with Gasteiger partial charge < -0.3 is 15.5 Å². The zero-order valence-corrected chi connectivity index (χ0v) is 9.78. The van der Waals surface area contributed by atoms with Gasteiger partial charge in [-0.15, -0.1) is 0 Å². The van der Waals surface area contributed by atoms with Crippen LogP contribution in [0.5, 0.6) is 0 Å². The molecular weight excluding hydrogens is 249 g/mol. The number of nitrogens with one attached hydrogen (secondary N) is 1. The van der Waals surface area contributed by atoms with Crippen molar-refractivity contribution in [1.29, 1.82) is 0 Å². The van der Waals surface area contributed by atoms with Crippen molar-refractivity contribution in [2.45, 2.75) is 24.8 Å². The summed E-state index contributed by atoms with van der Waals surface area (Å²) in [6.45, 7) is 0.389. The maximum atomic E-state index is 12.7. The molecule has 0 spiro atoms. The van der Waals surface area contributed by atoms with E-state index in [1.54, 1.807) is 7.05 Å². The van der Waals surface area contributed by atoms with Crippen molar-refractivity contribution in [3.63, 3.8) is 0 Å². The summed E-state index contributed by atoms with van der Waals surface area (Å²) in [6, 6.07) is 0.781. The van der Waals surface area contributed by atoms with Gasteiger partial charge in [-0.3, -0.25) is 4.98 Å². The molecule has 1 rings (SSSR count). The summed E-state index contributed by atoms with van der Waals surface area (Å²) in [6.07, 6.45) is -5.40. The maximum Gasteiger partial charge on any atom is 0.416 e. The number of rotatable bonds is 5. The highest BCUT2D eigenvalue weighted by Crippen LogP contribution is 2.35. The van der Waals surface area contributed by atoms with Crippen LogP contribution < -0.4 is 5.32 Å². The van der Waals surface area contributed by atoms with Gasteiger partial charge in [-0.1, -0.05) is 0 Å². The molecule has 0 saturated heterocycles. The molecule has 2 unspecified atom stereocenters. The minimum atomic E-state index is -4.58. The molecule has 1 aromatic rings. The first-order valence-corrected chi connectivity index (χ1v) is 5.39. The number of aliphatic hydroxyl groups is 2. The van der Waals surface area contributed by atoms with Crippen molar-refractivity contribution in [1.82, 2.24) is 10.3 Å². The van der Waals surface area contributed by atoms with Gasteiger partial charge in [-0.25, -0.2) is 0 Å². The lowest BCUT2D eigenvalue weighted by molar-refractivity contribution is -0.140. The topological polar surface area (TPSA) is 65.4 Å². The molecule has 0 bridgehead atoms. The Kier molecular flexibility index (Phi) is 5.06. The molecule has 102 valence electrons. The highest BCUT2D eigenvalue weighted by Gasteiger charge is 2.36. The third kappa shape index (κ3) is 3.66.